The van der Waals surface area contributed by atoms with Crippen LogP contribution in [0.25, 0.3) is 0 Å². The van der Waals surface area contributed by atoms with Crippen molar-refractivity contribution in [1.82, 2.24) is 14.8 Å². The van der Waals surface area contributed by atoms with Crippen molar-refractivity contribution in [2.75, 3.05) is 13.1 Å². The molecule has 1 fully saturated rings. The first-order chi connectivity index (χ1) is 13.8. The second kappa shape index (κ2) is 7.10. The molecule has 2 aliphatic rings. The van der Waals surface area contributed by atoms with Crippen molar-refractivity contribution in [3.8, 4) is 0 Å². The zero-order valence-corrected chi connectivity index (χ0v) is 17.0. The molecule has 3 heterocycles. The van der Waals surface area contributed by atoms with Crippen LogP contribution in [0.3, 0.4) is 0 Å². The summed E-state index contributed by atoms with van der Waals surface area (Å²) in [7, 11) is 0. The number of nitrogens with zero attached hydrogens (tertiary/aromatic N) is 3. The van der Waals surface area contributed by atoms with Gasteiger partial charge in [0.1, 0.15) is 5.69 Å². The largest absolute Gasteiger partial charge is 0.338 e. The fraction of sp³-hybridized carbons (Fsp3) is 0.391. The third-order valence-corrected chi connectivity index (χ3v) is 5.79. The Labute approximate surface area is 170 Å². The van der Waals surface area contributed by atoms with Gasteiger partial charge < -0.3 is 4.90 Å². The Hall–Kier alpha value is -3.02. The van der Waals surface area contributed by atoms with Crippen LogP contribution in [0.2, 0.25) is 0 Å². The highest BCUT2D eigenvalue weighted by Crippen LogP contribution is 2.28. The highest BCUT2D eigenvalue weighted by molar-refractivity contribution is 6.20. The lowest BCUT2D eigenvalue weighted by atomic mass is 9.86. The van der Waals surface area contributed by atoms with Gasteiger partial charge in [0.15, 0.2) is 0 Å². The van der Waals surface area contributed by atoms with Crippen molar-refractivity contribution in [3.63, 3.8) is 0 Å². The Bertz CT molecular complexity index is 933. The normalized spacial score (nSPS) is 17.6. The number of pyridine rings is 1. The topological polar surface area (TPSA) is 70.6 Å². The number of carbonyl (C=O) groups excluding carboxylic acids is 3. The molecule has 1 saturated heterocycles. The summed E-state index contributed by atoms with van der Waals surface area (Å²) in [5, 5.41) is 0. The fourth-order valence-corrected chi connectivity index (χ4v) is 4.04. The van der Waals surface area contributed by atoms with Crippen molar-refractivity contribution in [2.45, 2.75) is 45.1 Å². The minimum Gasteiger partial charge on any atom is -0.338 e. The summed E-state index contributed by atoms with van der Waals surface area (Å²) in [6.07, 6.45) is 2.69. The molecule has 0 unspecified atom stereocenters. The number of aromatic nitrogens is 1. The molecule has 3 amide bonds. The van der Waals surface area contributed by atoms with E-state index in [0.29, 0.717) is 37.1 Å². The van der Waals surface area contributed by atoms with Crippen molar-refractivity contribution in [1.29, 1.82) is 0 Å². The number of rotatable bonds is 2. The molecule has 0 aliphatic carbocycles. The maximum absolute atomic E-state index is 12.9. The van der Waals surface area contributed by atoms with E-state index in [0.717, 1.165) is 0 Å². The van der Waals surface area contributed by atoms with Crippen molar-refractivity contribution >= 4 is 17.7 Å². The van der Waals surface area contributed by atoms with E-state index in [9.17, 15) is 14.4 Å². The van der Waals surface area contributed by atoms with Crippen LogP contribution >= 0.6 is 0 Å². The van der Waals surface area contributed by atoms with Gasteiger partial charge >= 0.3 is 0 Å². The van der Waals surface area contributed by atoms with E-state index >= 15 is 0 Å². The summed E-state index contributed by atoms with van der Waals surface area (Å²) >= 11 is 0. The van der Waals surface area contributed by atoms with Gasteiger partial charge in [-0.25, -0.2) is 0 Å². The van der Waals surface area contributed by atoms with E-state index in [1.807, 2.05) is 24.3 Å². The summed E-state index contributed by atoms with van der Waals surface area (Å²) in [5.41, 5.74) is 2.50. The predicted molar refractivity (Wildman–Crippen MR) is 109 cm³/mol. The van der Waals surface area contributed by atoms with Crippen LogP contribution in [0.1, 0.15) is 70.4 Å². The summed E-state index contributed by atoms with van der Waals surface area (Å²) in [6.45, 7) is 7.47. The molecule has 6 nitrogen and oxygen atoms in total. The summed E-state index contributed by atoms with van der Waals surface area (Å²) in [4.78, 5) is 45.3. The van der Waals surface area contributed by atoms with Crippen LogP contribution in [-0.4, -0.2) is 51.6 Å². The zero-order chi connectivity index (χ0) is 20.8. The smallest absolute Gasteiger partial charge is 0.280 e. The molecule has 0 N–H and O–H groups in total. The monoisotopic (exact) mass is 391 g/mol. The number of fused-ring (bicyclic) bond motifs is 1. The molecule has 150 valence electrons. The first kappa shape index (κ1) is 19.3. The molecule has 4 rings (SSSR count). The highest BCUT2D eigenvalue weighted by Gasteiger charge is 2.42. The quantitative estimate of drug-likeness (QED) is 0.737. The summed E-state index contributed by atoms with van der Waals surface area (Å²) in [6, 6.07) is 10.9. The molecule has 2 aliphatic heterocycles. The van der Waals surface area contributed by atoms with Crippen LogP contribution in [0, 0.1) is 0 Å². The molecule has 2 aromatic rings. The molecular weight excluding hydrogens is 366 g/mol. The molecular formula is C23H25N3O3. The minimum atomic E-state index is -0.326. The number of piperidine rings is 1. The maximum Gasteiger partial charge on any atom is 0.280 e. The van der Waals surface area contributed by atoms with E-state index in [-0.39, 0.29) is 34.9 Å². The van der Waals surface area contributed by atoms with Crippen molar-refractivity contribution < 1.29 is 14.4 Å². The first-order valence-corrected chi connectivity index (χ1v) is 10.00. The van der Waals surface area contributed by atoms with Gasteiger partial charge in [0, 0.05) is 30.9 Å². The Morgan fingerprint density at radius 2 is 1.66 bits per heavy atom. The number of hydrogen-bond donors (Lipinski definition) is 0. The number of carbonyl (C=O) groups is 3. The van der Waals surface area contributed by atoms with E-state index < -0.39 is 0 Å². The van der Waals surface area contributed by atoms with E-state index in [1.165, 1.54) is 16.7 Å². The van der Waals surface area contributed by atoms with Gasteiger partial charge in [-0.3, -0.25) is 24.3 Å². The molecule has 1 aromatic carbocycles. The van der Waals surface area contributed by atoms with Gasteiger partial charge in [0.05, 0.1) is 5.56 Å². The van der Waals surface area contributed by atoms with Gasteiger partial charge in [-0.05, 0) is 48.1 Å². The maximum atomic E-state index is 12.9. The minimum absolute atomic E-state index is 0.00654. The molecule has 0 bridgehead atoms. The Morgan fingerprint density at radius 1 is 1.00 bits per heavy atom. The van der Waals surface area contributed by atoms with Gasteiger partial charge in [-0.1, -0.05) is 32.9 Å². The fourth-order valence-electron chi connectivity index (χ4n) is 4.04. The second-order valence-corrected chi connectivity index (χ2v) is 8.73. The van der Waals surface area contributed by atoms with Crippen LogP contribution in [-0.2, 0) is 5.41 Å². The Morgan fingerprint density at radius 3 is 2.24 bits per heavy atom. The number of hydrogen-bond acceptors (Lipinski definition) is 4. The number of imide groups is 1. The Balaban J connectivity index is 1.42. The number of benzene rings is 1. The molecule has 1 aromatic heterocycles. The van der Waals surface area contributed by atoms with Crippen LogP contribution in [0.4, 0.5) is 0 Å². The third-order valence-electron chi connectivity index (χ3n) is 5.79. The molecule has 0 atom stereocenters. The Kier molecular flexibility index (Phi) is 4.73. The van der Waals surface area contributed by atoms with Crippen molar-refractivity contribution in [3.05, 3.63) is 65.0 Å². The number of likely N-dealkylation sites (tertiary alicyclic amines) is 1. The highest BCUT2D eigenvalue weighted by atomic mass is 16.2. The van der Waals surface area contributed by atoms with Gasteiger partial charge in [-0.2, -0.15) is 0 Å². The lowest BCUT2D eigenvalue weighted by molar-refractivity contribution is 0.0477. The van der Waals surface area contributed by atoms with Crippen LogP contribution in [0.5, 0.6) is 0 Å². The lowest BCUT2D eigenvalue weighted by Gasteiger charge is -2.35. The standard InChI is InChI=1S/C23H25N3O3/c1-23(2,3)16-8-6-15(7-9-16)20(27)25-13-10-17(11-14-25)26-21(28)18-5-4-12-24-19(18)22(26)29/h4-9,12,17H,10-11,13-14H2,1-3H3. The summed E-state index contributed by atoms with van der Waals surface area (Å²) in [5.74, 6) is -0.610. The lowest BCUT2D eigenvalue weighted by Crippen LogP contribution is -2.48. The van der Waals surface area contributed by atoms with Crippen LogP contribution < -0.4 is 0 Å². The third kappa shape index (κ3) is 3.43. The second-order valence-electron chi connectivity index (χ2n) is 8.73. The first-order valence-electron chi connectivity index (χ1n) is 10.00. The zero-order valence-electron chi connectivity index (χ0n) is 17.0. The van der Waals surface area contributed by atoms with Crippen molar-refractivity contribution in [2.24, 2.45) is 0 Å². The number of amides is 3. The van der Waals surface area contributed by atoms with E-state index in [2.05, 4.69) is 25.8 Å². The molecule has 0 radical (unpaired) electrons. The van der Waals surface area contributed by atoms with Gasteiger partial charge in [0.25, 0.3) is 17.7 Å². The van der Waals surface area contributed by atoms with Gasteiger partial charge in [-0.15, -0.1) is 0 Å². The average Bonchev–Trinajstić information content (AvgIpc) is 2.98. The average molecular weight is 391 g/mol. The molecule has 0 spiro atoms. The molecule has 6 heteroatoms. The van der Waals surface area contributed by atoms with Crippen LogP contribution in [0.15, 0.2) is 42.6 Å². The molecule has 0 saturated carbocycles. The summed E-state index contributed by atoms with van der Waals surface area (Å²) < 4.78 is 0. The van der Waals surface area contributed by atoms with E-state index in [1.54, 1.807) is 17.0 Å². The predicted octanol–water partition coefficient (Wildman–Crippen LogP) is 3.28. The SMILES string of the molecule is CC(C)(C)c1ccc(C(=O)N2CCC(N3C(=O)c4cccnc4C3=O)CC2)cc1. The molecule has 29 heavy (non-hydrogen) atoms. The van der Waals surface area contributed by atoms with E-state index in [4.69, 9.17) is 0 Å². The van der Waals surface area contributed by atoms with Gasteiger partial charge in [0.2, 0.25) is 0 Å².